The summed E-state index contributed by atoms with van der Waals surface area (Å²) in [5, 5.41) is -0.348. The first kappa shape index (κ1) is 17.8. The maximum atomic E-state index is 13.0. The Hall–Kier alpha value is -3.04. The third-order valence-electron chi connectivity index (χ3n) is 3.63. The van der Waals surface area contributed by atoms with Crippen LogP contribution in [0.5, 0.6) is 5.75 Å². The van der Waals surface area contributed by atoms with Crippen LogP contribution in [0, 0.1) is 18.2 Å². The number of rotatable bonds is 5. The van der Waals surface area contributed by atoms with Crippen LogP contribution in [-0.4, -0.2) is 22.7 Å². The molecule has 1 fully saturated rings. The highest BCUT2D eigenvalue weighted by molar-refractivity contribution is 8.18. The summed E-state index contributed by atoms with van der Waals surface area (Å²) in [7, 11) is 0. The lowest BCUT2D eigenvalue weighted by molar-refractivity contribution is -0.123. The van der Waals surface area contributed by atoms with Crippen molar-refractivity contribution in [1.29, 1.82) is 0 Å². The largest absolute Gasteiger partial charge is 0.481 e. The van der Waals surface area contributed by atoms with Crippen molar-refractivity contribution in [1.82, 2.24) is 4.90 Å². The van der Waals surface area contributed by atoms with Crippen LogP contribution >= 0.6 is 11.8 Å². The van der Waals surface area contributed by atoms with Crippen molar-refractivity contribution in [2.45, 2.75) is 6.54 Å². The van der Waals surface area contributed by atoms with E-state index in [4.69, 9.17) is 11.2 Å². The zero-order valence-electron chi connectivity index (χ0n) is 13.6. The third kappa shape index (κ3) is 4.13. The van der Waals surface area contributed by atoms with Gasteiger partial charge in [-0.3, -0.25) is 14.5 Å². The SMILES string of the molecule is C#CCOc1ccc(C=C2SC(=O)N(Cc3ccc(F)cc3)C2=O)cc1. The van der Waals surface area contributed by atoms with Crippen LogP contribution in [-0.2, 0) is 11.3 Å². The fourth-order valence-electron chi connectivity index (χ4n) is 2.35. The zero-order valence-corrected chi connectivity index (χ0v) is 14.5. The van der Waals surface area contributed by atoms with Gasteiger partial charge in [-0.15, -0.1) is 6.42 Å². The van der Waals surface area contributed by atoms with Crippen LogP contribution in [0.1, 0.15) is 11.1 Å². The number of terminal acetylenes is 1. The molecule has 0 unspecified atom stereocenters. The lowest BCUT2D eigenvalue weighted by atomic mass is 10.2. The predicted octanol–water partition coefficient (Wildman–Crippen LogP) is 4.07. The molecule has 1 aliphatic heterocycles. The van der Waals surface area contributed by atoms with Crippen LogP contribution < -0.4 is 4.74 Å². The van der Waals surface area contributed by atoms with Gasteiger partial charge in [0, 0.05) is 0 Å². The Morgan fingerprint density at radius 2 is 1.81 bits per heavy atom. The average Bonchev–Trinajstić information content (AvgIpc) is 2.90. The third-order valence-corrected chi connectivity index (χ3v) is 4.53. The number of carbonyl (C=O) groups excluding carboxylic acids is 2. The second-order valence-electron chi connectivity index (χ2n) is 5.46. The molecule has 0 bridgehead atoms. The summed E-state index contributed by atoms with van der Waals surface area (Å²) in [6, 6.07) is 12.7. The topological polar surface area (TPSA) is 46.6 Å². The number of amides is 2. The summed E-state index contributed by atoms with van der Waals surface area (Å²) in [5.41, 5.74) is 1.45. The Labute approximate surface area is 154 Å². The van der Waals surface area contributed by atoms with Gasteiger partial charge in [-0.05, 0) is 53.2 Å². The van der Waals surface area contributed by atoms with Crippen molar-refractivity contribution in [3.8, 4) is 18.1 Å². The van der Waals surface area contributed by atoms with Crippen molar-refractivity contribution < 1.29 is 18.7 Å². The predicted molar refractivity (Wildman–Crippen MR) is 98.7 cm³/mol. The molecule has 0 radical (unpaired) electrons. The monoisotopic (exact) mass is 367 g/mol. The van der Waals surface area contributed by atoms with E-state index in [0.29, 0.717) is 16.2 Å². The molecule has 0 aromatic heterocycles. The first-order chi connectivity index (χ1) is 12.6. The Kier molecular flexibility index (Phi) is 5.40. The number of halogens is 1. The normalized spacial score (nSPS) is 15.4. The van der Waals surface area contributed by atoms with Crippen molar-refractivity contribution >= 4 is 29.0 Å². The van der Waals surface area contributed by atoms with Gasteiger partial charge >= 0.3 is 0 Å². The maximum Gasteiger partial charge on any atom is 0.293 e. The van der Waals surface area contributed by atoms with Gasteiger partial charge in [-0.1, -0.05) is 30.2 Å². The van der Waals surface area contributed by atoms with Crippen LogP contribution in [0.4, 0.5) is 9.18 Å². The van der Waals surface area contributed by atoms with Crippen molar-refractivity contribution in [2.75, 3.05) is 6.61 Å². The standard InChI is InChI=1S/C20H14FNO3S/c1-2-11-25-17-9-5-14(6-10-17)12-18-19(23)22(20(24)26-18)13-15-3-7-16(21)8-4-15/h1,3-10,12H,11,13H2. The number of benzene rings is 2. The molecule has 26 heavy (non-hydrogen) atoms. The van der Waals surface area contributed by atoms with Gasteiger partial charge in [0.15, 0.2) is 0 Å². The Morgan fingerprint density at radius 3 is 2.46 bits per heavy atom. The first-order valence-electron chi connectivity index (χ1n) is 7.73. The van der Waals surface area contributed by atoms with Gasteiger partial charge in [0.05, 0.1) is 11.4 Å². The van der Waals surface area contributed by atoms with E-state index in [9.17, 15) is 14.0 Å². The van der Waals surface area contributed by atoms with Crippen molar-refractivity contribution in [3.63, 3.8) is 0 Å². The van der Waals surface area contributed by atoms with E-state index >= 15 is 0 Å². The van der Waals surface area contributed by atoms with Crippen LogP contribution in [0.3, 0.4) is 0 Å². The minimum Gasteiger partial charge on any atom is -0.481 e. The van der Waals surface area contributed by atoms with Gasteiger partial charge in [-0.25, -0.2) is 4.39 Å². The molecule has 0 atom stereocenters. The van der Waals surface area contributed by atoms with Gasteiger partial charge in [0.2, 0.25) is 0 Å². The quantitative estimate of drug-likeness (QED) is 0.590. The number of ether oxygens (including phenoxy) is 1. The number of hydrogen-bond donors (Lipinski definition) is 0. The van der Waals surface area contributed by atoms with E-state index in [1.807, 2.05) is 0 Å². The molecule has 1 saturated heterocycles. The van der Waals surface area contributed by atoms with Gasteiger partial charge < -0.3 is 4.74 Å². The lowest BCUT2D eigenvalue weighted by Gasteiger charge is -2.12. The minimum absolute atomic E-state index is 0.112. The molecule has 130 valence electrons. The lowest BCUT2D eigenvalue weighted by Crippen LogP contribution is -2.27. The van der Waals surface area contributed by atoms with E-state index in [1.165, 1.54) is 12.1 Å². The second kappa shape index (κ2) is 7.89. The Balaban J connectivity index is 1.72. The summed E-state index contributed by atoms with van der Waals surface area (Å²) in [6.07, 6.45) is 6.79. The summed E-state index contributed by atoms with van der Waals surface area (Å²) in [6.45, 7) is 0.294. The van der Waals surface area contributed by atoms with Crippen molar-refractivity contribution in [3.05, 3.63) is 70.4 Å². The average molecular weight is 367 g/mol. The number of nitrogens with zero attached hydrogens (tertiary/aromatic N) is 1. The van der Waals surface area contributed by atoms with Gasteiger partial charge in [-0.2, -0.15) is 0 Å². The Bertz CT molecular complexity index is 898. The summed E-state index contributed by atoms with van der Waals surface area (Å²) >= 11 is 0.884. The summed E-state index contributed by atoms with van der Waals surface area (Å²) in [5.74, 6) is 2.28. The molecule has 3 rings (SSSR count). The number of carbonyl (C=O) groups is 2. The molecule has 0 saturated carbocycles. The van der Waals surface area contributed by atoms with E-state index in [0.717, 1.165) is 22.2 Å². The van der Waals surface area contributed by atoms with Gasteiger partial charge in [0.25, 0.3) is 11.1 Å². The molecule has 2 aromatic rings. The molecule has 4 nitrogen and oxygen atoms in total. The van der Waals surface area contributed by atoms with E-state index < -0.39 is 0 Å². The second-order valence-corrected chi connectivity index (χ2v) is 6.45. The summed E-state index contributed by atoms with van der Waals surface area (Å²) in [4.78, 5) is 26.1. The molecule has 0 N–H and O–H groups in total. The molecular weight excluding hydrogens is 353 g/mol. The first-order valence-corrected chi connectivity index (χ1v) is 8.54. The van der Waals surface area contributed by atoms with E-state index in [-0.39, 0.29) is 30.1 Å². The van der Waals surface area contributed by atoms with Crippen LogP contribution in [0.15, 0.2) is 53.4 Å². The van der Waals surface area contributed by atoms with Crippen LogP contribution in [0.25, 0.3) is 6.08 Å². The zero-order chi connectivity index (χ0) is 18.5. The molecule has 0 spiro atoms. The maximum absolute atomic E-state index is 13.0. The van der Waals surface area contributed by atoms with Gasteiger partial charge in [0.1, 0.15) is 18.2 Å². The summed E-state index contributed by atoms with van der Waals surface area (Å²) < 4.78 is 18.3. The number of hydrogen-bond acceptors (Lipinski definition) is 4. The number of imide groups is 1. The molecule has 1 aliphatic rings. The fourth-order valence-corrected chi connectivity index (χ4v) is 3.18. The highest BCUT2D eigenvalue weighted by Crippen LogP contribution is 2.33. The molecule has 2 aromatic carbocycles. The molecule has 6 heteroatoms. The molecule has 1 heterocycles. The molecule has 0 aliphatic carbocycles. The van der Waals surface area contributed by atoms with Crippen molar-refractivity contribution in [2.24, 2.45) is 0 Å². The highest BCUT2D eigenvalue weighted by Gasteiger charge is 2.34. The number of thioether (sulfide) groups is 1. The van der Waals surface area contributed by atoms with Crippen LogP contribution in [0.2, 0.25) is 0 Å². The Morgan fingerprint density at radius 1 is 1.12 bits per heavy atom. The molecule has 2 amide bonds. The minimum atomic E-state index is -0.364. The van der Waals surface area contributed by atoms with E-state index in [1.54, 1.807) is 42.5 Å². The highest BCUT2D eigenvalue weighted by atomic mass is 32.2. The fraction of sp³-hybridized carbons (Fsp3) is 0.100. The molecular formula is C20H14FNO3S. The smallest absolute Gasteiger partial charge is 0.293 e. The van der Waals surface area contributed by atoms with E-state index in [2.05, 4.69) is 5.92 Å².